The molecule has 0 spiro atoms. The summed E-state index contributed by atoms with van der Waals surface area (Å²) in [5.74, 6) is 0.777. The maximum Gasteiger partial charge on any atom is 0.142 e. The number of aromatic nitrogens is 4. The molecule has 7 nitrogen and oxygen atoms in total. The van der Waals surface area contributed by atoms with Gasteiger partial charge in [-0.3, -0.25) is 4.98 Å². The molecule has 1 aliphatic heterocycles. The summed E-state index contributed by atoms with van der Waals surface area (Å²) in [7, 11) is 0. The van der Waals surface area contributed by atoms with Gasteiger partial charge < -0.3 is 15.6 Å². The summed E-state index contributed by atoms with van der Waals surface area (Å²) in [5, 5.41) is 9.29. The number of anilines is 1. The van der Waals surface area contributed by atoms with E-state index in [1.54, 1.807) is 12.3 Å². The second-order valence-electron chi connectivity index (χ2n) is 7.68. The van der Waals surface area contributed by atoms with Crippen LogP contribution in [0.5, 0.6) is 0 Å². The minimum atomic E-state index is 0.129. The van der Waals surface area contributed by atoms with E-state index < -0.39 is 0 Å². The molecule has 1 fully saturated rings. The number of nitrogens with one attached hydrogen (secondary N) is 1. The number of imidazole rings is 1. The van der Waals surface area contributed by atoms with Gasteiger partial charge in [-0.05, 0) is 42.7 Å². The van der Waals surface area contributed by atoms with Crippen LogP contribution in [0, 0.1) is 18.3 Å². The number of nitriles is 1. The number of pyridine rings is 2. The van der Waals surface area contributed by atoms with Crippen LogP contribution in [0.25, 0.3) is 33.5 Å². The van der Waals surface area contributed by atoms with Crippen molar-refractivity contribution in [2.75, 3.05) is 18.0 Å². The fourth-order valence-corrected chi connectivity index (χ4v) is 4.13. The highest BCUT2D eigenvalue weighted by atomic mass is 15.2. The number of H-pyrrole nitrogens is 1. The Hall–Kier alpha value is -3.76. The zero-order valence-corrected chi connectivity index (χ0v) is 16.6. The molecule has 0 aliphatic carbocycles. The lowest BCUT2D eigenvalue weighted by molar-refractivity contribution is 0.752. The van der Waals surface area contributed by atoms with Crippen molar-refractivity contribution in [3.63, 3.8) is 0 Å². The van der Waals surface area contributed by atoms with Gasteiger partial charge in [-0.15, -0.1) is 0 Å². The predicted octanol–water partition coefficient (Wildman–Crippen LogP) is 3.40. The van der Waals surface area contributed by atoms with Crippen LogP contribution < -0.4 is 10.6 Å². The van der Waals surface area contributed by atoms with Gasteiger partial charge in [0.05, 0.1) is 22.3 Å². The number of rotatable bonds is 3. The number of benzene rings is 1. The summed E-state index contributed by atoms with van der Waals surface area (Å²) < 4.78 is 0. The van der Waals surface area contributed by atoms with Crippen LogP contribution in [-0.4, -0.2) is 39.1 Å². The first-order valence-corrected chi connectivity index (χ1v) is 9.95. The van der Waals surface area contributed by atoms with Gasteiger partial charge in [-0.1, -0.05) is 12.1 Å². The van der Waals surface area contributed by atoms with Gasteiger partial charge in [0.1, 0.15) is 17.6 Å². The number of nitrogens with zero attached hydrogens (tertiary/aromatic N) is 5. The van der Waals surface area contributed by atoms with Crippen molar-refractivity contribution < 1.29 is 0 Å². The monoisotopic (exact) mass is 395 g/mol. The molecule has 0 radical (unpaired) electrons. The molecule has 148 valence electrons. The zero-order chi connectivity index (χ0) is 20.7. The van der Waals surface area contributed by atoms with E-state index in [-0.39, 0.29) is 6.04 Å². The number of hydrogen-bond donors (Lipinski definition) is 2. The van der Waals surface area contributed by atoms with Crippen LogP contribution in [0.15, 0.2) is 48.9 Å². The van der Waals surface area contributed by atoms with Gasteiger partial charge >= 0.3 is 0 Å². The number of aromatic amines is 1. The predicted molar refractivity (Wildman–Crippen MR) is 117 cm³/mol. The van der Waals surface area contributed by atoms with E-state index in [0.717, 1.165) is 64.3 Å². The minimum Gasteiger partial charge on any atom is -0.369 e. The van der Waals surface area contributed by atoms with Gasteiger partial charge in [-0.2, -0.15) is 5.26 Å². The zero-order valence-electron chi connectivity index (χ0n) is 16.6. The summed E-state index contributed by atoms with van der Waals surface area (Å²) in [5.41, 5.74) is 13.5. The molecule has 0 unspecified atom stereocenters. The molecule has 1 saturated heterocycles. The highest BCUT2D eigenvalue weighted by molar-refractivity contribution is 5.91. The number of para-hydroxylation sites is 1. The molecule has 0 amide bonds. The lowest BCUT2D eigenvalue weighted by Gasteiger charge is -2.24. The van der Waals surface area contributed by atoms with Crippen molar-refractivity contribution in [3.8, 4) is 28.6 Å². The van der Waals surface area contributed by atoms with Crippen molar-refractivity contribution in [1.29, 1.82) is 5.26 Å². The fourth-order valence-electron chi connectivity index (χ4n) is 4.13. The molecule has 0 bridgehead atoms. The standard InChI is InChI=1S/C23H21N7/c1-14-3-2-4-20-21(14)29-23(28-20)19-12-26-11-18(15-5-7-27-17(9-15)10-24)22(19)30-8-6-16(25)13-30/h2-5,7,9,11-12,16H,6,8,13,25H2,1H3,(H,28,29)/t16-/m0/s1. The second-order valence-corrected chi connectivity index (χ2v) is 7.68. The summed E-state index contributed by atoms with van der Waals surface area (Å²) in [4.78, 5) is 19.3. The number of aryl methyl sites for hydroxylation is 1. The Kier molecular flexibility index (Phi) is 4.42. The van der Waals surface area contributed by atoms with Crippen molar-refractivity contribution in [3.05, 3.63) is 60.2 Å². The molecule has 5 rings (SSSR count). The Morgan fingerprint density at radius 3 is 2.87 bits per heavy atom. The molecule has 1 aliphatic rings. The lowest BCUT2D eigenvalue weighted by atomic mass is 10.0. The highest BCUT2D eigenvalue weighted by Gasteiger charge is 2.26. The third kappa shape index (κ3) is 3.08. The second kappa shape index (κ2) is 7.25. The maximum absolute atomic E-state index is 9.29. The third-order valence-electron chi connectivity index (χ3n) is 5.61. The molecule has 3 aromatic heterocycles. The Labute approximate surface area is 174 Å². The van der Waals surface area contributed by atoms with E-state index >= 15 is 0 Å². The number of hydrogen-bond acceptors (Lipinski definition) is 6. The van der Waals surface area contributed by atoms with Gasteiger partial charge in [0.2, 0.25) is 0 Å². The minimum absolute atomic E-state index is 0.129. The van der Waals surface area contributed by atoms with E-state index in [1.165, 1.54) is 0 Å². The first-order valence-electron chi connectivity index (χ1n) is 9.95. The topological polar surface area (TPSA) is 108 Å². The Morgan fingerprint density at radius 1 is 1.23 bits per heavy atom. The first-order chi connectivity index (χ1) is 14.6. The lowest BCUT2D eigenvalue weighted by Crippen LogP contribution is -2.27. The molecular formula is C23H21N7. The SMILES string of the molecule is Cc1cccc2[nH]c(-c3cncc(-c4ccnc(C#N)c4)c3N3CC[C@H](N)C3)nc12. The van der Waals surface area contributed by atoms with Crippen molar-refractivity contribution in [2.45, 2.75) is 19.4 Å². The van der Waals surface area contributed by atoms with Crippen LogP contribution in [0.2, 0.25) is 0 Å². The molecule has 1 aromatic carbocycles. The molecule has 0 saturated carbocycles. The fraction of sp³-hybridized carbons (Fsp3) is 0.217. The maximum atomic E-state index is 9.29. The molecule has 4 heterocycles. The van der Waals surface area contributed by atoms with Crippen LogP contribution in [0.3, 0.4) is 0 Å². The van der Waals surface area contributed by atoms with E-state index in [2.05, 4.69) is 38.9 Å². The van der Waals surface area contributed by atoms with Crippen molar-refractivity contribution in [1.82, 2.24) is 19.9 Å². The summed E-state index contributed by atoms with van der Waals surface area (Å²) >= 11 is 0. The summed E-state index contributed by atoms with van der Waals surface area (Å²) in [6.45, 7) is 3.68. The van der Waals surface area contributed by atoms with Gasteiger partial charge in [0.25, 0.3) is 0 Å². The van der Waals surface area contributed by atoms with Gasteiger partial charge in [0.15, 0.2) is 0 Å². The largest absolute Gasteiger partial charge is 0.369 e. The highest BCUT2D eigenvalue weighted by Crippen LogP contribution is 2.40. The summed E-state index contributed by atoms with van der Waals surface area (Å²) in [6.07, 6.45) is 6.28. The van der Waals surface area contributed by atoms with E-state index in [4.69, 9.17) is 10.7 Å². The Balaban J connectivity index is 1.74. The first kappa shape index (κ1) is 18.3. The number of nitrogens with two attached hydrogens (primary N) is 1. The van der Waals surface area contributed by atoms with E-state index in [0.29, 0.717) is 5.69 Å². The normalized spacial score (nSPS) is 16.2. The van der Waals surface area contributed by atoms with Crippen LogP contribution in [0.4, 0.5) is 5.69 Å². The van der Waals surface area contributed by atoms with E-state index in [1.807, 2.05) is 30.6 Å². The van der Waals surface area contributed by atoms with Crippen LogP contribution in [0.1, 0.15) is 17.7 Å². The molecule has 4 aromatic rings. The van der Waals surface area contributed by atoms with Crippen LogP contribution >= 0.6 is 0 Å². The van der Waals surface area contributed by atoms with Crippen molar-refractivity contribution in [2.24, 2.45) is 5.73 Å². The molecular weight excluding hydrogens is 374 g/mol. The third-order valence-corrected chi connectivity index (χ3v) is 5.61. The van der Waals surface area contributed by atoms with Crippen LogP contribution in [-0.2, 0) is 0 Å². The average molecular weight is 395 g/mol. The molecule has 3 N–H and O–H groups in total. The molecule has 30 heavy (non-hydrogen) atoms. The number of fused-ring (bicyclic) bond motifs is 1. The molecule has 7 heteroatoms. The van der Waals surface area contributed by atoms with Gasteiger partial charge in [0, 0.05) is 43.3 Å². The van der Waals surface area contributed by atoms with Gasteiger partial charge in [-0.25, -0.2) is 9.97 Å². The Bertz CT molecular complexity index is 1280. The quantitative estimate of drug-likeness (QED) is 0.550. The Morgan fingerprint density at radius 2 is 2.10 bits per heavy atom. The summed E-state index contributed by atoms with van der Waals surface area (Å²) in [6, 6.07) is 12.1. The van der Waals surface area contributed by atoms with Crippen molar-refractivity contribution >= 4 is 16.7 Å². The average Bonchev–Trinajstić information content (AvgIpc) is 3.40. The van der Waals surface area contributed by atoms with E-state index in [9.17, 15) is 5.26 Å². The smallest absolute Gasteiger partial charge is 0.142 e. The molecule has 1 atom stereocenters.